The molecule has 2 aliphatic rings. The average molecular weight is 367 g/mol. The Labute approximate surface area is 164 Å². The van der Waals surface area contributed by atoms with E-state index in [1.807, 2.05) is 37.6 Å². The highest BCUT2D eigenvalue weighted by atomic mass is 16.1. The van der Waals surface area contributed by atoms with Crippen LogP contribution in [0.5, 0.6) is 0 Å². The zero-order valence-corrected chi connectivity index (χ0v) is 16.0. The number of aryl methyl sites for hydroxylation is 1. The van der Waals surface area contributed by atoms with Crippen LogP contribution < -0.4 is 0 Å². The Morgan fingerprint density at radius 3 is 2.68 bits per heavy atom. The number of nitrogens with zero attached hydrogens (tertiary/aromatic N) is 3. The van der Waals surface area contributed by atoms with Crippen LogP contribution in [0.25, 0.3) is 6.08 Å². The molecule has 0 radical (unpaired) electrons. The van der Waals surface area contributed by atoms with E-state index in [0.717, 1.165) is 33.5 Å². The lowest BCUT2D eigenvalue weighted by Gasteiger charge is -2.22. The van der Waals surface area contributed by atoms with Gasteiger partial charge in [-0.15, -0.1) is 0 Å². The van der Waals surface area contributed by atoms with E-state index in [2.05, 4.69) is 42.4 Å². The van der Waals surface area contributed by atoms with E-state index in [9.17, 15) is 4.79 Å². The van der Waals surface area contributed by atoms with Gasteiger partial charge in [-0.05, 0) is 34.4 Å². The molecular weight excluding hydrogens is 346 g/mol. The fourth-order valence-corrected chi connectivity index (χ4v) is 4.20. The smallest absolute Gasteiger partial charge is 0.163 e. The van der Waals surface area contributed by atoms with Gasteiger partial charge in [-0.3, -0.25) is 14.5 Å². The minimum absolute atomic E-state index is 0.0848. The summed E-state index contributed by atoms with van der Waals surface area (Å²) in [6.07, 6.45) is 6.40. The van der Waals surface area contributed by atoms with Gasteiger partial charge in [0.25, 0.3) is 0 Å². The maximum atomic E-state index is 12.9. The first kappa shape index (κ1) is 16.9. The molecule has 0 saturated heterocycles. The van der Waals surface area contributed by atoms with Crippen molar-refractivity contribution < 1.29 is 4.79 Å². The second-order valence-electron chi connectivity index (χ2n) is 7.61. The second kappa shape index (κ2) is 6.41. The normalized spacial score (nSPS) is 16.3. The minimum atomic E-state index is 0.0848. The van der Waals surface area contributed by atoms with Gasteiger partial charge in [0.2, 0.25) is 0 Å². The monoisotopic (exact) mass is 367 g/mol. The third-order valence-electron chi connectivity index (χ3n) is 5.76. The van der Waals surface area contributed by atoms with Crippen molar-refractivity contribution >= 4 is 17.6 Å². The molecule has 1 aromatic heterocycles. The highest BCUT2D eigenvalue weighted by Gasteiger charge is 2.27. The molecule has 0 saturated carbocycles. The van der Waals surface area contributed by atoms with Gasteiger partial charge in [0.15, 0.2) is 5.78 Å². The van der Waals surface area contributed by atoms with Crippen molar-refractivity contribution in [1.82, 2.24) is 9.78 Å². The molecule has 0 amide bonds. The van der Waals surface area contributed by atoms with Gasteiger partial charge in [0.1, 0.15) is 0 Å². The number of aliphatic imine (C=N–C) groups is 1. The van der Waals surface area contributed by atoms with Crippen LogP contribution in [0.3, 0.4) is 0 Å². The van der Waals surface area contributed by atoms with Gasteiger partial charge in [0.05, 0.1) is 18.5 Å². The molecule has 5 rings (SSSR count). The lowest BCUT2D eigenvalue weighted by Crippen LogP contribution is -2.17. The van der Waals surface area contributed by atoms with Crippen molar-refractivity contribution in [3.63, 3.8) is 0 Å². The number of carbonyl (C=O) groups is 1. The number of benzene rings is 2. The molecule has 138 valence electrons. The van der Waals surface area contributed by atoms with Crippen LogP contribution in [-0.4, -0.2) is 21.3 Å². The topological polar surface area (TPSA) is 47.2 Å². The Hall–Kier alpha value is -3.27. The molecule has 1 aliphatic carbocycles. The van der Waals surface area contributed by atoms with E-state index >= 15 is 0 Å². The van der Waals surface area contributed by atoms with Crippen molar-refractivity contribution in [3.8, 4) is 0 Å². The fourth-order valence-electron chi connectivity index (χ4n) is 4.20. The fraction of sp³-hybridized carbons (Fsp3) is 0.208. The van der Waals surface area contributed by atoms with Gasteiger partial charge in [-0.1, -0.05) is 43.3 Å². The minimum Gasteiger partial charge on any atom is -0.294 e. The molecule has 3 aromatic rings. The van der Waals surface area contributed by atoms with Crippen LogP contribution in [-0.2, 0) is 24.8 Å². The zero-order chi connectivity index (χ0) is 19.3. The third-order valence-corrected chi connectivity index (χ3v) is 5.76. The summed E-state index contributed by atoms with van der Waals surface area (Å²) < 4.78 is 1.80. The summed E-state index contributed by atoms with van der Waals surface area (Å²) in [7, 11) is 1.92. The summed E-state index contributed by atoms with van der Waals surface area (Å²) in [5.74, 6) is 0.303. The average Bonchev–Trinajstić information content (AvgIpc) is 3.31. The standard InChI is InChI=1S/C24H21N3O/c1-15(16-6-4-3-5-7-16)21-9-18-10-22-19(8-17(18)11-23(21)28)12-25-24(22)20-13-26-27(2)14-20/h3-10,13-15H,11-12H2,1-2H3. The summed E-state index contributed by atoms with van der Waals surface area (Å²) in [6, 6.07) is 14.6. The predicted molar refractivity (Wildman–Crippen MR) is 111 cm³/mol. The largest absolute Gasteiger partial charge is 0.294 e. The van der Waals surface area contributed by atoms with Crippen LogP contribution in [0, 0.1) is 0 Å². The summed E-state index contributed by atoms with van der Waals surface area (Å²) >= 11 is 0. The lowest BCUT2D eigenvalue weighted by molar-refractivity contribution is -0.115. The van der Waals surface area contributed by atoms with Gasteiger partial charge in [0, 0.05) is 42.3 Å². The lowest BCUT2D eigenvalue weighted by atomic mass is 9.81. The van der Waals surface area contributed by atoms with E-state index in [-0.39, 0.29) is 11.7 Å². The first-order valence-corrected chi connectivity index (χ1v) is 9.59. The molecule has 0 bridgehead atoms. The molecule has 4 heteroatoms. The van der Waals surface area contributed by atoms with E-state index < -0.39 is 0 Å². The maximum absolute atomic E-state index is 12.9. The summed E-state index contributed by atoms with van der Waals surface area (Å²) in [5.41, 5.74) is 8.68. The van der Waals surface area contributed by atoms with Crippen molar-refractivity contribution in [3.05, 3.63) is 93.8 Å². The Balaban J connectivity index is 1.56. The molecule has 0 N–H and O–H groups in total. The summed E-state index contributed by atoms with van der Waals surface area (Å²) in [5, 5.41) is 4.28. The Morgan fingerprint density at radius 2 is 1.93 bits per heavy atom. The Morgan fingerprint density at radius 1 is 1.11 bits per heavy atom. The SMILES string of the molecule is CC(C1=Cc2cc3c(cc2CC1=O)CN=C3c1cnn(C)c1)c1ccccc1. The molecule has 1 atom stereocenters. The highest BCUT2D eigenvalue weighted by molar-refractivity contribution is 6.15. The second-order valence-corrected chi connectivity index (χ2v) is 7.61. The number of fused-ring (bicyclic) bond motifs is 2. The molecule has 28 heavy (non-hydrogen) atoms. The van der Waals surface area contributed by atoms with E-state index in [4.69, 9.17) is 4.99 Å². The summed E-state index contributed by atoms with van der Waals surface area (Å²) in [6.45, 7) is 2.78. The molecule has 4 nitrogen and oxygen atoms in total. The predicted octanol–water partition coefficient (Wildman–Crippen LogP) is 4.08. The number of ketones is 1. The van der Waals surface area contributed by atoms with Crippen molar-refractivity contribution in [2.24, 2.45) is 12.0 Å². The van der Waals surface area contributed by atoms with Crippen LogP contribution >= 0.6 is 0 Å². The van der Waals surface area contributed by atoms with Crippen molar-refractivity contribution in [1.29, 1.82) is 0 Å². The molecule has 0 fully saturated rings. The number of hydrogen-bond acceptors (Lipinski definition) is 3. The van der Waals surface area contributed by atoms with Crippen LogP contribution in [0.2, 0.25) is 0 Å². The van der Waals surface area contributed by atoms with E-state index in [1.54, 1.807) is 4.68 Å². The number of allylic oxidation sites excluding steroid dienone is 1. The molecule has 1 unspecified atom stereocenters. The number of hydrogen-bond donors (Lipinski definition) is 0. The molecule has 0 spiro atoms. The van der Waals surface area contributed by atoms with Gasteiger partial charge < -0.3 is 0 Å². The van der Waals surface area contributed by atoms with Crippen LogP contribution in [0.15, 0.2) is 65.4 Å². The third kappa shape index (κ3) is 2.73. The Kier molecular flexibility index (Phi) is 3.86. The number of carbonyl (C=O) groups excluding carboxylic acids is 1. The Bertz CT molecular complexity index is 1150. The molecule has 2 aromatic carbocycles. The van der Waals surface area contributed by atoms with Crippen molar-refractivity contribution in [2.75, 3.05) is 0 Å². The molecule has 1 aliphatic heterocycles. The van der Waals surface area contributed by atoms with Gasteiger partial charge in [-0.2, -0.15) is 5.10 Å². The van der Waals surface area contributed by atoms with E-state index in [1.165, 1.54) is 11.1 Å². The highest BCUT2D eigenvalue weighted by Crippen LogP contribution is 2.35. The van der Waals surface area contributed by atoms with E-state index in [0.29, 0.717) is 13.0 Å². The quantitative estimate of drug-likeness (QED) is 0.700. The first-order chi connectivity index (χ1) is 13.6. The van der Waals surface area contributed by atoms with Gasteiger partial charge in [-0.25, -0.2) is 0 Å². The number of rotatable bonds is 3. The first-order valence-electron chi connectivity index (χ1n) is 9.59. The van der Waals surface area contributed by atoms with Crippen LogP contribution in [0.4, 0.5) is 0 Å². The van der Waals surface area contributed by atoms with Crippen molar-refractivity contribution in [2.45, 2.75) is 25.8 Å². The number of aromatic nitrogens is 2. The molecule has 2 heterocycles. The van der Waals surface area contributed by atoms with Gasteiger partial charge >= 0.3 is 0 Å². The zero-order valence-electron chi connectivity index (χ0n) is 16.0. The van der Waals surface area contributed by atoms with Crippen LogP contribution in [0.1, 0.15) is 46.2 Å². The molecular formula is C24H21N3O. The summed E-state index contributed by atoms with van der Waals surface area (Å²) in [4.78, 5) is 17.6. The number of Topliss-reactive ketones (excluding diaryl/α,β-unsaturated/α-hetero) is 1. The maximum Gasteiger partial charge on any atom is 0.163 e.